The Morgan fingerprint density at radius 1 is 0.842 bits per heavy atom. The number of ketones is 2. The van der Waals surface area contributed by atoms with Crippen molar-refractivity contribution >= 4 is 34.9 Å². The maximum atomic E-state index is 12.0. The number of benzene rings is 2. The standard InChI is InChI=1S/C15H11ClO2S/c1-19-13-8-4-11(5-9-13)15(18)14(17)10-2-6-12(16)7-3-10/h2-9H,1H3. The van der Waals surface area contributed by atoms with Gasteiger partial charge in [-0.05, 0) is 54.8 Å². The second kappa shape index (κ2) is 6.04. The predicted octanol–water partition coefficient (Wildman–Crippen LogP) is 4.13. The molecule has 0 fully saturated rings. The summed E-state index contributed by atoms with van der Waals surface area (Å²) in [4.78, 5) is 25.1. The summed E-state index contributed by atoms with van der Waals surface area (Å²) in [7, 11) is 0. The minimum Gasteiger partial charge on any atom is -0.285 e. The lowest BCUT2D eigenvalue weighted by Gasteiger charge is -2.02. The van der Waals surface area contributed by atoms with E-state index in [4.69, 9.17) is 11.6 Å². The maximum absolute atomic E-state index is 12.0. The average Bonchev–Trinajstić information content (AvgIpc) is 2.46. The topological polar surface area (TPSA) is 34.1 Å². The van der Waals surface area contributed by atoms with E-state index in [1.165, 1.54) is 0 Å². The monoisotopic (exact) mass is 290 g/mol. The van der Waals surface area contributed by atoms with E-state index in [1.54, 1.807) is 48.2 Å². The first-order chi connectivity index (χ1) is 9.11. The Hall–Kier alpha value is -1.58. The van der Waals surface area contributed by atoms with Crippen molar-refractivity contribution in [2.75, 3.05) is 6.26 Å². The lowest BCUT2D eigenvalue weighted by molar-refractivity contribution is 0.0817. The second-order valence-corrected chi connectivity index (χ2v) is 5.21. The quantitative estimate of drug-likeness (QED) is 0.482. The number of carbonyl (C=O) groups excluding carboxylic acids is 2. The van der Waals surface area contributed by atoms with Gasteiger partial charge >= 0.3 is 0 Å². The normalized spacial score (nSPS) is 10.2. The molecule has 0 heterocycles. The highest BCUT2D eigenvalue weighted by Gasteiger charge is 2.17. The molecular formula is C15H11ClO2S. The Morgan fingerprint density at radius 3 is 1.68 bits per heavy atom. The highest BCUT2D eigenvalue weighted by molar-refractivity contribution is 7.98. The summed E-state index contributed by atoms with van der Waals surface area (Å²) in [6.07, 6.45) is 1.95. The Labute approximate surface area is 120 Å². The molecule has 2 aromatic carbocycles. The fourth-order valence-electron chi connectivity index (χ4n) is 1.61. The molecule has 0 aliphatic carbocycles. The molecule has 0 saturated carbocycles. The molecule has 4 heteroatoms. The largest absolute Gasteiger partial charge is 0.285 e. The first-order valence-corrected chi connectivity index (χ1v) is 7.21. The molecule has 0 aromatic heterocycles. The van der Waals surface area contributed by atoms with Gasteiger partial charge in [-0.1, -0.05) is 11.6 Å². The van der Waals surface area contributed by atoms with E-state index in [0.29, 0.717) is 16.1 Å². The van der Waals surface area contributed by atoms with E-state index in [0.717, 1.165) is 4.90 Å². The zero-order chi connectivity index (χ0) is 13.8. The van der Waals surface area contributed by atoms with Gasteiger partial charge in [0, 0.05) is 21.0 Å². The van der Waals surface area contributed by atoms with Gasteiger partial charge in [0.2, 0.25) is 11.6 Å². The number of Topliss-reactive ketones (excluding diaryl/α,β-unsaturated/α-hetero) is 2. The van der Waals surface area contributed by atoms with Crippen LogP contribution in [0.1, 0.15) is 20.7 Å². The third kappa shape index (κ3) is 3.25. The predicted molar refractivity (Wildman–Crippen MR) is 78.3 cm³/mol. The molecule has 96 valence electrons. The van der Waals surface area contributed by atoms with E-state index in [9.17, 15) is 9.59 Å². The lowest BCUT2D eigenvalue weighted by Crippen LogP contribution is -2.14. The third-order valence-electron chi connectivity index (χ3n) is 2.66. The van der Waals surface area contributed by atoms with Crippen LogP contribution >= 0.6 is 23.4 Å². The summed E-state index contributed by atoms with van der Waals surface area (Å²) in [6, 6.07) is 13.3. The van der Waals surface area contributed by atoms with Crippen LogP contribution in [0.3, 0.4) is 0 Å². The van der Waals surface area contributed by atoms with Crippen molar-refractivity contribution in [1.82, 2.24) is 0 Å². The van der Waals surface area contributed by atoms with Gasteiger partial charge in [0.25, 0.3) is 0 Å². The molecule has 0 unspecified atom stereocenters. The van der Waals surface area contributed by atoms with Crippen LogP contribution in [0.5, 0.6) is 0 Å². The fourth-order valence-corrected chi connectivity index (χ4v) is 2.14. The summed E-state index contributed by atoms with van der Waals surface area (Å²) in [6.45, 7) is 0. The van der Waals surface area contributed by atoms with Gasteiger partial charge in [-0.25, -0.2) is 0 Å². The molecule has 0 saturated heterocycles. The second-order valence-electron chi connectivity index (χ2n) is 3.89. The SMILES string of the molecule is CSc1ccc(C(=O)C(=O)c2ccc(Cl)cc2)cc1. The molecule has 0 atom stereocenters. The minimum absolute atomic E-state index is 0.350. The van der Waals surface area contributed by atoms with Gasteiger partial charge in [-0.3, -0.25) is 9.59 Å². The Bertz CT molecular complexity index is 603. The molecule has 0 radical (unpaired) electrons. The number of hydrogen-bond donors (Lipinski definition) is 0. The number of carbonyl (C=O) groups is 2. The molecule has 0 bridgehead atoms. The van der Waals surface area contributed by atoms with E-state index in [1.807, 2.05) is 18.4 Å². The summed E-state index contributed by atoms with van der Waals surface area (Å²) in [5, 5.41) is 0.535. The first-order valence-electron chi connectivity index (χ1n) is 5.60. The Morgan fingerprint density at radius 2 is 1.26 bits per heavy atom. The highest BCUT2D eigenvalue weighted by Crippen LogP contribution is 2.17. The first kappa shape index (κ1) is 13.8. The van der Waals surface area contributed by atoms with Gasteiger partial charge < -0.3 is 0 Å². The molecule has 19 heavy (non-hydrogen) atoms. The van der Waals surface area contributed by atoms with Crippen LogP contribution in [0, 0.1) is 0 Å². The van der Waals surface area contributed by atoms with Crippen molar-refractivity contribution in [2.45, 2.75) is 4.90 Å². The Kier molecular flexibility index (Phi) is 4.40. The van der Waals surface area contributed by atoms with Gasteiger partial charge in [0.05, 0.1) is 0 Å². The van der Waals surface area contributed by atoms with Crippen molar-refractivity contribution in [3.8, 4) is 0 Å². The maximum Gasteiger partial charge on any atom is 0.233 e. The molecule has 2 nitrogen and oxygen atoms in total. The molecule has 0 N–H and O–H groups in total. The van der Waals surface area contributed by atoms with Crippen molar-refractivity contribution in [1.29, 1.82) is 0 Å². The van der Waals surface area contributed by atoms with E-state index < -0.39 is 11.6 Å². The van der Waals surface area contributed by atoms with E-state index in [2.05, 4.69) is 0 Å². The van der Waals surface area contributed by atoms with Crippen molar-refractivity contribution in [3.63, 3.8) is 0 Å². The zero-order valence-electron chi connectivity index (χ0n) is 10.2. The molecular weight excluding hydrogens is 280 g/mol. The van der Waals surface area contributed by atoms with Crippen LogP contribution in [0.4, 0.5) is 0 Å². The van der Waals surface area contributed by atoms with Crippen molar-refractivity contribution in [2.24, 2.45) is 0 Å². The lowest BCUT2D eigenvalue weighted by atomic mass is 10.0. The molecule has 2 aromatic rings. The van der Waals surface area contributed by atoms with Gasteiger partial charge in [0.1, 0.15) is 0 Å². The van der Waals surface area contributed by atoms with Crippen molar-refractivity contribution < 1.29 is 9.59 Å². The fraction of sp³-hybridized carbons (Fsp3) is 0.0667. The summed E-state index contributed by atoms with van der Waals surface area (Å²) < 4.78 is 0. The number of halogens is 1. The van der Waals surface area contributed by atoms with Gasteiger partial charge in [-0.2, -0.15) is 0 Å². The Balaban J connectivity index is 2.23. The van der Waals surface area contributed by atoms with E-state index in [-0.39, 0.29) is 0 Å². The van der Waals surface area contributed by atoms with Crippen LogP contribution in [0.2, 0.25) is 5.02 Å². The zero-order valence-corrected chi connectivity index (χ0v) is 11.8. The number of thioether (sulfide) groups is 1. The van der Waals surface area contributed by atoms with Crippen LogP contribution < -0.4 is 0 Å². The molecule has 0 amide bonds. The summed E-state index contributed by atoms with van der Waals surface area (Å²) >= 11 is 7.33. The minimum atomic E-state index is -0.520. The average molecular weight is 291 g/mol. The van der Waals surface area contributed by atoms with Gasteiger partial charge in [0.15, 0.2) is 0 Å². The summed E-state index contributed by atoms with van der Waals surface area (Å²) in [5.74, 6) is -1.02. The molecule has 0 aliphatic heterocycles. The van der Waals surface area contributed by atoms with Crippen LogP contribution in [0.25, 0.3) is 0 Å². The molecule has 0 aliphatic rings. The van der Waals surface area contributed by atoms with Gasteiger partial charge in [-0.15, -0.1) is 11.8 Å². The number of rotatable bonds is 4. The number of hydrogen-bond acceptors (Lipinski definition) is 3. The van der Waals surface area contributed by atoms with Crippen LogP contribution in [-0.2, 0) is 0 Å². The van der Waals surface area contributed by atoms with Crippen molar-refractivity contribution in [3.05, 3.63) is 64.7 Å². The highest BCUT2D eigenvalue weighted by atomic mass is 35.5. The molecule has 0 spiro atoms. The van der Waals surface area contributed by atoms with Crippen LogP contribution in [-0.4, -0.2) is 17.8 Å². The van der Waals surface area contributed by atoms with E-state index >= 15 is 0 Å². The van der Waals surface area contributed by atoms with Crippen LogP contribution in [0.15, 0.2) is 53.4 Å². The molecule has 2 rings (SSSR count). The third-order valence-corrected chi connectivity index (χ3v) is 3.66. The smallest absolute Gasteiger partial charge is 0.233 e. The summed E-state index contributed by atoms with van der Waals surface area (Å²) in [5.41, 5.74) is 0.751.